The second kappa shape index (κ2) is 8.67. The molecule has 0 atom stereocenters. The monoisotopic (exact) mass is 354 g/mol. The van der Waals surface area contributed by atoms with Gasteiger partial charge in [0.05, 0.1) is 5.69 Å². The largest absolute Gasteiger partial charge is 0.370 e. The minimum atomic E-state index is -0.273. The van der Waals surface area contributed by atoms with Crippen LogP contribution in [0.3, 0.4) is 0 Å². The first-order valence-electron chi connectivity index (χ1n) is 7.14. The summed E-state index contributed by atoms with van der Waals surface area (Å²) in [6.07, 6.45) is 2.00. The summed E-state index contributed by atoms with van der Waals surface area (Å²) >= 11 is 3.49. The highest BCUT2D eigenvalue weighted by Crippen LogP contribution is 2.29. The van der Waals surface area contributed by atoms with Gasteiger partial charge < -0.3 is 5.73 Å². The lowest BCUT2D eigenvalue weighted by Gasteiger charge is -2.24. The summed E-state index contributed by atoms with van der Waals surface area (Å²) in [6, 6.07) is 5.55. The van der Waals surface area contributed by atoms with Gasteiger partial charge in [0.15, 0.2) is 5.96 Å². The molecular formula is C15H23BrN4O. The van der Waals surface area contributed by atoms with Crippen LogP contribution in [0.4, 0.5) is 10.5 Å². The van der Waals surface area contributed by atoms with E-state index in [2.05, 4.69) is 33.2 Å². The Labute approximate surface area is 134 Å². The lowest BCUT2D eigenvalue weighted by atomic mass is 10.2. The normalized spacial score (nSPS) is 11.3. The van der Waals surface area contributed by atoms with Crippen molar-refractivity contribution in [2.45, 2.75) is 33.6 Å². The number of para-hydroxylation sites is 1. The summed E-state index contributed by atoms with van der Waals surface area (Å²) < 4.78 is 0.876. The van der Waals surface area contributed by atoms with Gasteiger partial charge in [0.2, 0.25) is 0 Å². The lowest BCUT2D eigenvalue weighted by molar-refractivity contribution is 0.250. The predicted molar refractivity (Wildman–Crippen MR) is 91.8 cm³/mol. The van der Waals surface area contributed by atoms with Crippen molar-refractivity contribution < 1.29 is 4.79 Å². The van der Waals surface area contributed by atoms with Crippen molar-refractivity contribution in [1.29, 1.82) is 0 Å². The molecule has 1 aromatic carbocycles. The van der Waals surface area contributed by atoms with Crippen LogP contribution >= 0.6 is 15.9 Å². The molecule has 21 heavy (non-hydrogen) atoms. The summed E-state index contributed by atoms with van der Waals surface area (Å²) in [5.74, 6) is 0.164. The van der Waals surface area contributed by atoms with Crippen LogP contribution < -0.4 is 16.0 Å². The molecule has 1 rings (SSSR count). The first kappa shape index (κ1) is 17.5. The number of hydrogen-bond acceptors (Lipinski definition) is 2. The van der Waals surface area contributed by atoms with Crippen LogP contribution in [0.15, 0.2) is 27.7 Å². The highest BCUT2D eigenvalue weighted by molar-refractivity contribution is 9.10. The van der Waals surface area contributed by atoms with Gasteiger partial charge in [-0.3, -0.25) is 15.2 Å². The van der Waals surface area contributed by atoms with Gasteiger partial charge >= 0.3 is 6.03 Å². The minimum Gasteiger partial charge on any atom is -0.370 e. The van der Waals surface area contributed by atoms with Gasteiger partial charge in [-0.15, -0.1) is 0 Å². The number of carbonyl (C=O) groups excluding carboxylic acids is 1. The van der Waals surface area contributed by atoms with Gasteiger partial charge in [-0.05, 0) is 47.8 Å². The number of guanidine groups is 1. The second-order valence-electron chi connectivity index (χ2n) is 4.70. The fourth-order valence-corrected chi connectivity index (χ4v) is 2.62. The molecule has 0 aliphatic heterocycles. The Balaban J connectivity index is 2.85. The zero-order valence-corrected chi connectivity index (χ0v) is 14.4. The molecule has 0 saturated carbocycles. The maximum absolute atomic E-state index is 12.4. The second-order valence-corrected chi connectivity index (χ2v) is 5.55. The van der Waals surface area contributed by atoms with Crippen molar-refractivity contribution in [1.82, 2.24) is 5.32 Å². The lowest BCUT2D eigenvalue weighted by Crippen LogP contribution is -2.46. The van der Waals surface area contributed by atoms with Crippen molar-refractivity contribution in [3.8, 4) is 0 Å². The molecule has 0 aliphatic carbocycles. The summed E-state index contributed by atoms with van der Waals surface area (Å²) in [6.45, 7) is 7.14. The molecule has 0 fully saturated rings. The van der Waals surface area contributed by atoms with Crippen LogP contribution in [-0.4, -0.2) is 25.1 Å². The number of nitrogens with one attached hydrogen (secondary N) is 1. The van der Waals surface area contributed by atoms with Crippen molar-refractivity contribution >= 4 is 33.6 Å². The van der Waals surface area contributed by atoms with E-state index in [1.54, 1.807) is 4.90 Å². The molecule has 6 heteroatoms. The average molecular weight is 355 g/mol. The Bertz CT molecular complexity index is 496. The number of nitrogens with two attached hydrogens (primary N) is 1. The van der Waals surface area contributed by atoms with E-state index >= 15 is 0 Å². The molecule has 0 spiro atoms. The maximum Gasteiger partial charge on any atom is 0.328 e. The van der Waals surface area contributed by atoms with Crippen LogP contribution in [0, 0.1) is 6.92 Å². The zero-order chi connectivity index (χ0) is 15.8. The number of unbranched alkanes of at least 4 members (excludes halogenated alkanes) is 1. The van der Waals surface area contributed by atoms with E-state index in [9.17, 15) is 4.79 Å². The Hall–Kier alpha value is -1.56. The predicted octanol–water partition coefficient (Wildman–Crippen LogP) is 3.41. The molecule has 0 aromatic heterocycles. The van der Waals surface area contributed by atoms with Gasteiger partial charge in [0.25, 0.3) is 0 Å². The number of aliphatic imine (C=N–C) groups is 1. The first-order chi connectivity index (χ1) is 10.0. The molecule has 0 bridgehead atoms. The quantitative estimate of drug-likeness (QED) is 0.483. The van der Waals surface area contributed by atoms with E-state index < -0.39 is 0 Å². The SMILES string of the molecule is CCCCN=C(N)NC(=O)N(CC)c1c(C)cccc1Br. The van der Waals surface area contributed by atoms with E-state index in [1.807, 2.05) is 32.0 Å². The van der Waals surface area contributed by atoms with E-state index in [-0.39, 0.29) is 12.0 Å². The Morgan fingerprint density at radius 2 is 2.14 bits per heavy atom. The number of rotatable bonds is 5. The number of aryl methyl sites for hydroxylation is 1. The van der Waals surface area contributed by atoms with Crippen LogP contribution in [0.25, 0.3) is 0 Å². The van der Waals surface area contributed by atoms with E-state index in [0.717, 1.165) is 28.6 Å². The summed E-state index contributed by atoms with van der Waals surface area (Å²) in [5.41, 5.74) is 7.60. The van der Waals surface area contributed by atoms with E-state index in [4.69, 9.17) is 5.73 Å². The summed E-state index contributed by atoms with van der Waals surface area (Å²) in [4.78, 5) is 18.1. The van der Waals surface area contributed by atoms with E-state index in [1.165, 1.54) is 0 Å². The maximum atomic E-state index is 12.4. The Morgan fingerprint density at radius 1 is 1.43 bits per heavy atom. The van der Waals surface area contributed by atoms with Gasteiger partial charge in [0.1, 0.15) is 0 Å². The molecule has 0 aliphatic rings. The molecule has 2 amide bonds. The van der Waals surface area contributed by atoms with Crippen LogP contribution in [0.2, 0.25) is 0 Å². The molecule has 3 N–H and O–H groups in total. The summed E-state index contributed by atoms with van der Waals surface area (Å²) in [5, 5.41) is 2.64. The highest BCUT2D eigenvalue weighted by atomic mass is 79.9. The van der Waals surface area contributed by atoms with Gasteiger partial charge in [0, 0.05) is 17.6 Å². The van der Waals surface area contributed by atoms with Gasteiger partial charge in [-0.25, -0.2) is 4.79 Å². The average Bonchev–Trinajstić information content (AvgIpc) is 2.43. The molecule has 1 aromatic rings. The number of benzene rings is 1. The van der Waals surface area contributed by atoms with Gasteiger partial charge in [-0.1, -0.05) is 25.5 Å². The number of urea groups is 1. The third kappa shape index (κ3) is 5.04. The molecule has 116 valence electrons. The van der Waals surface area contributed by atoms with Crippen molar-refractivity contribution in [3.63, 3.8) is 0 Å². The first-order valence-corrected chi connectivity index (χ1v) is 7.94. The van der Waals surface area contributed by atoms with Crippen LogP contribution in [0.1, 0.15) is 32.3 Å². The summed E-state index contributed by atoms with van der Waals surface area (Å²) in [7, 11) is 0. The molecule has 5 nitrogen and oxygen atoms in total. The number of nitrogens with zero attached hydrogens (tertiary/aromatic N) is 2. The number of carbonyl (C=O) groups is 1. The fourth-order valence-electron chi connectivity index (χ4n) is 1.94. The van der Waals surface area contributed by atoms with E-state index in [0.29, 0.717) is 13.1 Å². The molecule has 0 saturated heterocycles. The van der Waals surface area contributed by atoms with Crippen molar-refractivity contribution in [2.24, 2.45) is 10.7 Å². The van der Waals surface area contributed by atoms with Crippen LogP contribution in [0.5, 0.6) is 0 Å². The zero-order valence-electron chi connectivity index (χ0n) is 12.8. The highest BCUT2D eigenvalue weighted by Gasteiger charge is 2.18. The number of hydrogen-bond donors (Lipinski definition) is 2. The minimum absolute atomic E-state index is 0.164. The Kier molecular flexibility index (Phi) is 7.22. The number of amides is 2. The molecule has 0 radical (unpaired) electrons. The number of anilines is 1. The molecule has 0 unspecified atom stereocenters. The Morgan fingerprint density at radius 3 is 2.71 bits per heavy atom. The topological polar surface area (TPSA) is 70.7 Å². The molecular weight excluding hydrogens is 332 g/mol. The van der Waals surface area contributed by atoms with Gasteiger partial charge in [-0.2, -0.15) is 0 Å². The van der Waals surface area contributed by atoms with Crippen molar-refractivity contribution in [3.05, 3.63) is 28.2 Å². The smallest absolute Gasteiger partial charge is 0.328 e. The van der Waals surface area contributed by atoms with Crippen LogP contribution in [-0.2, 0) is 0 Å². The standard InChI is InChI=1S/C15H23BrN4O/c1-4-6-10-18-14(17)19-15(21)20(5-2)13-11(3)8-7-9-12(13)16/h7-9H,4-6,10H2,1-3H3,(H3,17,18,19,21). The number of halogens is 1. The third-order valence-electron chi connectivity index (χ3n) is 3.05. The fraction of sp³-hybridized carbons (Fsp3) is 0.467. The third-order valence-corrected chi connectivity index (χ3v) is 3.69. The van der Waals surface area contributed by atoms with Crippen molar-refractivity contribution in [2.75, 3.05) is 18.0 Å². The molecule has 0 heterocycles.